The van der Waals surface area contributed by atoms with Gasteiger partial charge >= 0.3 is 0 Å². The quantitative estimate of drug-likeness (QED) is 0.504. The van der Waals surface area contributed by atoms with E-state index in [9.17, 15) is 9.59 Å². The number of nitrogens with one attached hydrogen (secondary N) is 1. The minimum atomic E-state index is -0.453. The number of rotatable bonds is 0. The Morgan fingerprint density at radius 1 is 1.77 bits per heavy atom. The molecule has 1 aliphatic heterocycles. The van der Waals surface area contributed by atoms with Gasteiger partial charge in [-0.2, -0.15) is 0 Å². The van der Waals surface area contributed by atoms with E-state index < -0.39 is 11.9 Å². The summed E-state index contributed by atoms with van der Waals surface area (Å²) in [6, 6.07) is -0.453. The van der Waals surface area contributed by atoms with E-state index in [0.717, 1.165) is 6.42 Å². The Labute approximate surface area is 77.3 Å². The third kappa shape index (κ3) is 2.00. The lowest BCUT2D eigenvalue weighted by Gasteiger charge is -2.22. The number of carbonyl (C=O) groups is 2. The predicted octanol–water partition coefficient (Wildman–Crippen LogP) is -0.643. The van der Waals surface area contributed by atoms with Crippen LogP contribution in [-0.4, -0.2) is 35.8 Å². The van der Waals surface area contributed by atoms with E-state index in [-0.39, 0.29) is 5.91 Å². The molecule has 1 aliphatic rings. The van der Waals surface area contributed by atoms with Crippen LogP contribution in [0.3, 0.4) is 0 Å². The molecule has 13 heavy (non-hydrogen) atoms. The highest BCUT2D eigenvalue weighted by molar-refractivity contribution is 5.96. The van der Waals surface area contributed by atoms with Gasteiger partial charge in [0.2, 0.25) is 5.91 Å². The molecular weight excluding hydrogens is 168 g/mol. The monoisotopic (exact) mass is 180 g/mol. The zero-order valence-electron chi connectivity index (χ0n) is 7.54. The molecule has 1 saturated heterocycles. The van der Waals surface area contributed by atoms with Gasteiger partial charge in [0.15, 0.2) is 0 Å². The third-order valence-corrected chi connectivity index (χ3v) is 2.11. The van der Waals surface area contributed by atoms with E-state index in [1.165, 1.54) is 4.90 Å². The first-order valence-corrected chi connectivity index (χ1v) is 4.21. The lowest BCUT2D eigenvalue weighted by atomic mass is 10.2. The molecule has 1 N–H and O–H groups in total. The van der Waals surface area contributed by atoms with E-state index in [1.54, 1.807) is 6.92 Å². The first kappa shape index (κ1) is 9.59. The molecule has 4 nitrogen and oxygen atoms in total. The van der Waals surface area contributed by atoms with Crippen LogP contribution in [0.5, 0.6) is 0 Å². The van der Waals surface area contributed by atoms with Crippen molar-refractivity contribution < 1.29 is 9.59 Å². The van der Waals surface area contributed by atoms with Crippen LogP contribution in [0, 0.1) is 12.3 Å². The number of carbonyl (C=O) groups excluding carboxylic acids is 2. The van der Waals surface area contributed by atoms with E-state index in [4.69, 9.17) is 6.42 Å². The van der Waals surface area contributed by atoms with E-state index in [2.05, 4.69) is 5.32 Å². The zero-order valence-corrected chi connectivity index (χ0v) is 7.54. The molecule has 70 valence electrons. The smallest absolute Gasteiger partial charge is 0.298 e. The fourth-order valence-electron chi connectivity index (χ4n) is 1.30. The second-order valence-electron chi connectivity index (χ2n) is 2.96. The first-order chi connectivity index (χ1) is 6.16. The summed E-state index contributed by atoms with van der Waals surface area (Å²) in [7, 11) is 0. The van der Waals surface area contributed by atoms with Crippen molar-refractivity contribution in [1.82, 2.24) is 10.2 Å². The van der Waals surface area contributed by atoms with E-state index in [1.807, 2.05) is 5.92 Å². The Bertz CT molecular complexity index is 267. The van der Waals surface area contributed by atoms with Gasteiger partial charge < -0.3 is 10.2 Å². The van der Waals surface area contributed by atoms with Crippen LogP contribution in [0.1, 0.15) is 13.3 Å². The molecule has 0 aromatic heterocycles. The molecule has 1 atom stereocenters. The molecule has 1 unspecified atom stereocenters. The molecule has 1 heterocycles. The minimum absolute atomic E-state index is 0.138. The summed E-state index contributed by atoms with van der Waals surface area (Å²) >= 11 is 0. The van der Waals surface area contributed by atoms with Gasteiger partial charge in [-0.25, -0.2) is 0 Å². The van der Waals surface area contributed by atoms with Crippen LogP contribution in [0.2, 0.25) is 0 Å². The average Bonchev–Trinajstić information content (AvgIpc) is 2.29. The Kier molecular flexibility index (Phi) is 2.91. The highest BCUT2D eigenvalue weighted by Crippen LogP contribution is 2.04. The summed E-state index contributed by atoms with van der Waals surface area (Å²) < 4.78 is 0. The Hall–Kier alpha value is -1.50. The average molecular weight is 180 g/mol. The van der Waals surface area contributed by atoms with Crippen molar-refractivity contribution in [1.29, 1.82) is 0 Å². The van der Waals surface area contributed by atoms with Crippen LogP contribution >= 0.6 is 0 Å². The molecule has 0 bridgehead atoms. The van der Waals surface area contributed by atoms with E-state index >= 15 is 0 Å². The molecule has 0 aliphatic carbocycles. The minimum Gasteiger partial charge on any atom is -0.354 e. The van der Waals surface area contributed by atoms with Crippen LogP contribution in [0.4, 0.5) is 0 Å². The second-order valence-corrected chi connectivity index (χ2v) is 2.96. The van der Waals surface area contributed by atoms with Crippen molar-refractivity contribution in [3.05, 3.63) is 0 Å². The second kappa shape index (κ2) is 3.94. The molecule has 4 heteroatoms. The molecule has 0 radical (unpaired) electrons. The highest BCUT2D eigenvalue weighted by Gasteiger charge is 2.26. The molecule has 0 aromatic rings. The number of amides is 2. The molecule has 0 saturated carbocycles. The van der Waals surface area contributed by atoms with Crippen LogP contribution in [0.15, 0.2) is 0 Å². The molecule has 1 rings (SSSR count). The predicted molar refractivity (Wildman–Crippen MR) is 47.6 cm³/mol. The van der Waals surface area contributed by atoms with E-state index in [0.29, 0.717) is 13.1 Å². The van der Waals surface area contributed by atoms with Gasteiger partial charge in [-0.15, -0.1) is 6.42 Å². The first-order valence-electron chi connectivity index (χ1n) is 4.21. The van der Waals surface area contributed by atoms with Crippen LogP contribution in [-0.2, 0) is 9.59 Å². The zero-order chi connectivity index (χ0) is 9.84. The van der Waals surface area contributed by atoms with Crippen molar-refractivity contribution in [2.75, 3.05) is 13.1 Å². The van der Waals surface area contributed by atoms with Gasteiger partial charge in [0, 0.05) is 13.1 Å². The lowest BCUT2D eigenvalue weighted by molar-refractivity contribution is -0.134. The molecule has 1 fully saturated rings. The molecule has 0 spiro atoms. The summed E-state index contributed by atoms with van der Waals surface area (Å²) in [6.07, 6.45) is 5.74. The van der Waals surface area contributed by atoms with Crippen molar-refractivity contribution >= 4 is 11.8 Å². The lowest BCUT2D eigenvalue weighted by Crippen LogP contribution is -2.44. The van der Waals surface area contributed by atoms with Crippen molar-refractivity contribution in [3.63, 3.8) is 0 Å². The summed E-state index contributed by atoms with van der Waals surface area (Å²) in [5.74, 6) is 1.47. The third-order valence-electron chi connectivity index (χ3n) is 2.11. The summed E-state index contributed by atoms with van der Waals surface area (Å²) in [6.45, 7) is 2.83. The maximum absolute atomic E-state index is 11.3. The Balaban J connectivity index is 2.77. The van der Waals surface area contributed by atoms with Gasteiger partial charge in [-0.05, 0) is 19.3 Å². The standard InChI is InChI=1S/C9H12N2O2/c1-3-8(12)11-6-4-5-10-9(13)7(11)2/h1,7H,4-6H2,2H3,(H,10,13). The SMILES string of the molecule is C#CC(=O)N1CCCNC(=O)C1C. The van der Waals surface area contributed by atoms with Gasteiger partial charge in [-0.1, -0.05) is 0 Å². The number of terminal acetylenes is 1. The van der Waals surface area contributed by atoms with Crippen molar-refractivity contribution in [2.24, 2.45) is 0 Å². The van der Waals surface area contributed by atoms with Crippen molar-refractivity contribution in [3.8, 4) is 12.3 Å². The Morgan fingerprint density at radius 2 is 2.46 bits per heavy atom. The topological polar surface area (TPSA) is 49.4 Å². The van der Waals surface area contributed by atoms with Gasteiger partial charge in [0.25, 0.3) is 5.91 Å². The Morgan fingerprint density at radius 3 is 3.08 bits per heavy atom. The maximum atomic E-state index is 11.3. The molecule has 0 aromatic carbocycles. The van der Waals surface area contributed by atoms with Gasteiger partial charge in [0.05, 0.1) is 0 Å². The van der Waals surface area contributed by atoms with Gasteiger partial charge in [-0.3, -0.25) is 9.59 Å². The largest absolute Gasteiger partial charge is 0.354 e. The van der Waals surface area contributed by atoms with Gasteiger partial charge in [0.1, 0.15) is 6.04 Å². The molecular formula is C9H12N2O2. The fourth-order valence-corrected chi connectivity index (χ4v) is 1.30. The fraction of sp³-hybridized carbons (Fsp3) is 0.556. The highest BCUT2D eigenvalue weighted by atomic mass is 16.2. The van der Waals surface area contributed by atoms with Crippen LogP contribution < -0.4 is 5.32 Å². The number of hydrogen-bond acceptors (Lipinski definition) is 2. The number of hydrogen-bond donors (Lipinski definition) is 1. The van der Waals surface area contributed by atoms with Crippen molar-refractivity contribution in [2.45, 2.75) is 19.4 Å². The normalized spacial score (nSPS) is 22.9. The number of nitrogens with zero attached hydrogens (tertiary/aromatic N) is 1. The summed E-state index contributed by atoms with van der Waals surface area (Å²) in [4.78, 5) is 23.9. The summed E-state index contributed by atoms with van der Waals surface area (Å²) in [5.41, 5.74) is 0. The molecule has 2 amide bonds. The summed E-state index contributed by atoms with van der Waals surface area (Å²) in [5, 5.41) is 2.70. The van der Waals surface area contributed by atoms with Crippen LogP contribution in [0.25, 0.3) is 0 Å². The maximum Gasteiger partial charge on any atom is 0.298 e.